The highest BCUT2D eigenvalue weighted by atomic mass is 16.2. The number of carbonyl (C=O) groups is 1. The molecule has 1 aliphatic heterocycles. The Morgan fingerprint density at radius 1 is 0.786 bits per heavy atom. The van der Waals surface area contributed by atoms with Crippen LogP contribution in [0.4, 0.5) is 0 Å². The third-order valence-corrected chi connectivity index (χ3v) is 5.42. The molecule has 0 aliphatic carbocycles. The Labute approximate surface area is 167 Å². The predicted octanol–water partition coefficient (Wildman–Crippen LogP) is 5.36. The van der Waals surface area contributed by atoms with Gasteiger partial charge in [0.15, 0.2) is 0 Å². The maximum absolute atomic E-state index is 12.4. The summed E-state index contributed by atoms with van der Waals surface area (Å²) in [5, 5.41) is 0. The minimum absolute atomic E-state index is 0.290. The molecule has 0 saturated carbocycles. The molecule has 3 nitrogen and oxygen atoms in total. The van der Waals surface area contributed by atoms with Crippen LogP contribution in [0.25, 0.3) is 22.4 Å². The summed E-state index contributed by atoms with van der Waals surface area (Å²) in [7, 11) is 0. The van der Waals surface area contributed by atoms with Gasteiger partial charge < -0.3 is 4.90 Å². The van der Waals surface area contributed by atoms with Crippen LogP contribution in [0.2, 0.25) is 0 Å². The lowest BCUT2D eigenvalue weighted by Crippen LogP contribution is -2.32. The number of aromatic nitrogens is 1. The van der Waals surface area contributed by atoms with E-state index in [1.807, 2.05) is 29.2 Å². The van der Waals surface area contributed by atoms with Crippen LogP contribution in [0.15, 0.2) is 72.8 Å². The van der Waals surface area contributed by atoms with Crippen LogP contribution in [-0.2, 0) is 11.2 Å². The molecule has 3 aromatic rings. The minimum atomic E-state index is 0.290. The van der Waals surface area contributed by atoms with Gasteiger partial charge in [0.05, 0.1) is 11.4 Å². The summed E-state index contributed by atoms with van der Waals surface area (Å²) in [4.78, 5) is 19.4. The number of hydrogen-bond donors (Lipinski definition) is 0. The number of amides is 1. The van der Waals surface area contributed by atoms with Gasteiger partial charge in [-0.1, -0.05) is 73.2 Å². The fourth-order valence-corrected chi connectivity index (χ4v) is 3.86. The molecule has 2 aromatic carbocycles. The molecule has 0 radical (unpaired) electrons. The van der Waals surface area contributed by atoms with Gasteiger partial charge >= 0.3 is 0 Å². The first-order chi connectivity index (χ1) is 13.8. The molecule has 1 fully saturated rings. The Morgan fingerprint density at radius 2 is 1.50 bits per heavy atom. The van der Waals surface area contributed by atoms with E-state index in [-0.39, 0.29) is 5.91 Å². The van der Waals surface area contributed by atoms with Gasteiger partial charge in [-0.2, -0.15) is 0 Å². The molecule has 0 N–H and O–H groups in total. The molecule has 0 atom stereocenters. The summed E-state index contributed by atoms with van der Waals surface area (Å²) in [5.41, 5.74) is 5.49. The second kappa shape index (κ2) is 8.83. The zero-order valence-electron chi connectivity index (χ0n) is 16.2. The van der Waals surface area contributed by atoms with E-state index < -0.39 is 0 Å². The Morgan fingerprint density at radius 3 is 2.25 bits per heavy atom. The van der Waals surface area contributed by atoms with Crippen molar-refractivity contribution in [1.82, 2.24) is 9.88 Å². The van der Waals surface area contributed by atoms with Crippen molar-refractivity contribution in [3.63, 3.8) is 0 Å². The van der Waals surface area contributed by atoms with Crippen LogP contribution in [0.5, 0.6) is 0 Å². The van der Waals surface area contributed by atoms with Gasteiger partial charge in [0.25, 0.3) is 0 Å². The highest BCUT2D eigenvalue weighted by Crippen LogP contribution is 2.27. The number of benzene rings is 2. The summed E-state index contributed by atoms with van der Waals surface area (Å²) >= 11 is 0. The standard InChI is InChI=1S/C25H26N2O/c28-25-14-8-3-9-18-27(25)19-17-24-22(20-10-4-1-5-11-20)15-16-23(26-24)21-12-6-2-7-13-21/h1-2,4-7,10-13,15-16H,3,8-9,14,17-19H2. The van der Waals surface area contributed by atoms with E-state index in [4.69, 9.17) is 4.98 Å². The van der Waals surface area contributed by atoms with Gasteiger partial charge in [-0.3, -0.25) is 9.78 Å². The third kappa shape index (κ3) is 4.30. The highest BCUT2D eigenvalue weighted by molar-refractivity contribution is 5.76. The first-order valence-corrected chi connectivity index (χ1v) is 10.2. The molecule has 1 aliphatic rings. The molecule has 0 unspecified atom stereocenters. The summed E-state index contributed by atoms with van der Waals surface area (Å²) in [6, 6.07) is 24.9. The van der Waals surface area contributed by atoms with Crippen molar-refractivity contribution in [2.75, 3.05) is 13.1 Å². The zero-order chi connectivity index (χ0) is 19.2. The zero-order valence-corrected chi connectivity index (χ0v) is 16.2. The molecule has 0 bridgehead atoms. The van der Waals surface area contributed by atoms with Gasteiger partial charge in [0.1, 0.15) is 0 Å². The van der Waals surface area contributed by atoms with Crippen LogP contribution in [-0.4, -0.2) is 28.9 Å². The molecule has 1 amide bonds. The smallest absolute Gasteiger partial charge is 0.222 e. The average Bonchev–Trinajstić information content (AvgIpc) is 2.97. The number of likely N-dealkylation sites (tertiary alicyclic amines) is 1. The summed E-state index contributed by atoms with van der Waals surface area (Å²) in [6.45, 7) is 1.61. The van der Waals surface area contributed by atoms with Crippen molar-refractivity contribution in [3.05, 3.63) is 78.5 Å². The lowest BCUT2D eigenvalue weighted by molar-refractivity contribution is -0.130. The van der Waals surface area contributed by atoms with E-state index in [1.54, 1.807) is 0 Å². The molecular formula is C25H26N2O. The number of hydrogen-bond acceptors (Lipinski definition) is 2. The minimum Gasteiger partial charge on any atom is -0.342 e. The SMILES string of the molecule is O=C1CCCCCN1CCc1nc(-c2ccccc2)ccc1-c1ccccc1. The monoisotopic (exact) mass is 370 g/mol. The molecule has 0 spiro atoms. The van der Waals surface area contributed by atoms with Crippen LogP contribution < -0.4 is 0 Å². The molecule has 2 heterocycles. The summed E-state index contributed by atoms with van der Waals surface area (Å²) < 4.78 is 0. The lowest BCUT2D eigenvalue weighted by atomic mass is 10.00. The van der Waals surface area contributed by atoms with E-state index in [1.165, 1.54) is 5.56 Å². The number of rotatable bonds is 5. The summed E-state index contributed by atoms with van der Waals surface area (Å²) in [5.74, 6) is 0.290. The Bertz CT molecular complexity index is 922. The Hall–Kier alpha value is -2.94. The largest absolute Gasteiger partial charge is 0.342 e. The van der Waals surface area contributed by atoms with Crippen molar-refractivity contribution >= 4 is 5.91 Å². The van der Waals surface area contributed by atoms with E-state index in [2.05, 4.69) is 48.5 Å². The third-order valence-electron chi connectivity index (χ3n) is 5.42. The normalized spacial score (nSPS) is 14.7. The van der Waals surface area contributed by atoms with E-state index >= 15 is 0 Å². The average molecular weight is 370 g/mol. The molecule has 142 valence electrons. The number of nitrogens with zero attached hydrogens (tertiary/aromatic N) is 2. The Kier molecular flexibility index (Phi) is 5.81. The van der Waals surface area contributed by atoms with E-state index in [0.717, 1.165) is 61.3 Å². The molecule has 28 heavy (non-hydrogen) atoms. The summed E-state index contributed by atoms with van der Waals surface area (Å²) in [6.07, 6.45) is 4.74. The van der Waals surface area contributed by atoms with Crippen molar-refractivity contribution in [2.45, 2.75) is 32.1 Å². The fourth-order valence-electron chi connectivity index (χ4n) is 3.86. The maximum Gasteiger partial charge on any atom is 0.222 e. The fraction of sp³-hybridized carbons (Fsp3) is 0.280. The second-order valence-corrected chi connectivity index (χ2v) is 7.36. The molecule has 1 saturated heterocycles. The van der Waals surface area contributed by atoms with Gasteiger partial charge in [0, 0.05) is 37.1 Å². The first-order valence-electron chi connectivity index (χ1n) is 10.2. The lowest BCUT2D eigenvalue weighted by Gasteiger charge is -2.21. The second-order valence-electron chi connectivity index (χ2n) is 7.36. The van der Waals surface area contributed by atoms with Crippen molar-refractivity contribution < 1.29 is 4.79 Å². The number of carbonyl (C=O) groups excluding carboxylic acids is 1. The van der Waals surface area contributed by atoms with Gasteiger partial charge in [-0.05, 0) is 24.5 Å². The van der Waals surface area contributed by atoms with Crippen LogP contribution in [0.3, 0.4) is 0 Å². The van der Waals surface area contributed by atoms with Gasteiger partial charge in [-0.15, -0.1) is 0 Å². The van der Waals surface area contributed by atoms with Gasteiger partial charge in [-0.25, -0.2) is 0 Å². The molecular weight excluding hydrogens is 344 g/mol. The van der Waals surface area contributed by atoms with Crippen molar-refractivity contribution in [2.24, 2.45) is 0 Å². The molecule has 1 aromatic heterocycles. The molecule has 4 rings (SSSR count). The van der Waals surface area contributed by atoms with Crippen molar-refractivity contribution in [3.8, 4) is 22.4 Å². The quantitative estimate of drug-likeness (QED) is 0.606. The van der Waals surface area contributed by atoms with Crippen LogP contribution in [0.1, 0.15) is 31.4 Å². The predicted molar refractivity (Wildman–Crippen MR) is 114 cm³/mol. The van der Waals surface area contributed by atoms with Crippen molar-refractivity contribution in [1.29, 1.82) is 0 Å². The topological polar surface area (TPSA) is 33.2 Å². The maximum atomic E-state index is 12.4. The van der Waals surface area contributed by atoms with Crippen LogP contribution in [0, 0.1) is 0 Å². The number of pyridine rings is 1. The highest BCUT2D eigenvalue weighted by Gasteiger charge is 2.17. The van der Waals surface area contributed by atoms with E-state index in [9.17, 15) is 4.79 Å². The van der Waals surface area contributed by atoms with Gasteiger partial charge in [0.2, 0.25) is 5.91 Å². The van der Waals surface area contributed by atoms with E-state index in [0.29, 0.717) is 6.42 Å². The molecule has 3 heteroatoms. The Balaban J connectivity index is 1.64. The first kappa shape index (κ1) is 18.4. The van der Waals surface area contributed by atoms with Crippen LogP contribution >= 0.6 is 0 Å².